The first-order valence-corrected chi connectivity index (χ1v) is 8.03. The molecule has 0 radical (unpaired) electrons. The molecule has 0 aliphatic carbocycles. The number of nitrogens with one attached hydrogen (secondary N) is 1. The molecule has 25 heavy (non-hydrogen) atoms. The standard InChI is InChI=1S/C17H17ClF3N3O/c1-3-24(4-2)14-7-6-12(17(19,20)21)9-13(14)23-16(25)11-5-8-15(18)22-10-11/h5-10H,3-4H2,1-2H3,(H,23,25). The summed E-state index contributed by atoms with van der Waals surface area (Å²) >= 11 is 5.68. The number of anilines is 2. The summed E-state index contributed by atoms with van der Waals surface area (Å²) in [6.07, 6.45) is -3.23. The Kier molecular flexibility index (Phi) is 5.89. The molecule has 0 spiro atoms. The predicted octanol–water partition coefficient (Wildman–Crippen LogP) is 4.85. The average Bonchev–Trinajstić information content (AvgIpc) is 2.56. The van der Waals surface area contributed by atoms with Gasteiger partial charge in [0.15, 0.2) is 0 Å². The first-order chi connectivity index (χ1) is 11.8. The smallest absolute Gasteiger partial charge is 0.370 e. The third-order valence-electron chi connectivity index (χ3n) is 3.67. The van der Waals surface area contributed by atoms with Crippen molar-refractivity contribution in [2.24, 2.45) is 0 Å². The second-order valence-electron chi connectivity index (χ2n) is 5.23. The molecule has 1 N–H and O–H groups in total. The molecule has 134 valence electrons. The monoisotopic (exact) mass is 371 g/mol. The molecule has 0 unspecified atom stereocenters. The van der Waals surface area contributed by atoms with Crippen molar-refractivity contribution in [3.05, 3.63) is 52.8 Å². The third kappa shape index (κ3) is 4.63. The molecular weight excluding hydrogens is 355 g/mol. The summed E-state index contributed by atoms with van der Waals surface area (Å²) in [6.45, 7) is 4.95. The van der Waals surface area contributed by atoms with Crippen LogP contribution in [0.1, 0.15) is 29.8 Å². The van der Waals surface area contributed by atoms with E-state index in [1.165, 1.54) is 24.4 Å². The van der Waals surface area contributed by atoms with Gasteiger partial charge in [-0.05, 0) is 44.2 Å². The van der Waals surface area contributed by atoms with E-state index in [4.69, 9.17) is 11.6 Å². The third-order valence-corrected chi connectivity index (χ3v) is 3.89. The highest BCUT2D eigenvalue weighted by molar-refractivity contribution is 6.29. The molecule has 1 aromatic carbocycles. The summed E-state index contributed by atoms with van der Waals surface area (Å²) in [6, 6.07) is 6.21. The van der Waals surface area contributed by atoms with Crippen molar-refractivity contribution in [2.45, 2.75) is 20.0 Å². The van der Waals surface area contributed by atoms with Crippen molar-refractivity contribution < 1.29 is 18.0 Å². The van der Waals surface area contributed by atoms with Gasteiger partial charge < -0.3 is 10.2 Å². The van der Waals surface area contributed by atoms with Crippen molar-refractivity contribution in [1.82, 2.24) is 4.98 Å². The topological polar surface area (TPSA) is 45.2 Å². The van der Waals surface area contributed by atoms with E-state index in [2.05, 4.69) is 10.3 Å². The minimum Gasteiger partial charge on any atom is -0.370 e. The summed E-state index contributed by atoms with van der Waals surface area (Å²) in [5.41, 5.74) is -0.00741. The summed E-state index contributed by atoms with van der Waals surface area (Å²) in [5.74, 6) is -0.558. The zero-order valence-corrected chi connectivity index (χ0v) is 14.4. The van der Waals surface area contributed by atoms with Crippen LogP contribution in [0.4, 0.5) is 24.5 Å². The number of halogens is 4. The molecule has 0 fully saturated rings. The summed E-state index contributed by atoms with van der Waals surface area (Å²) < 4.78 is 39.1. The van der Waals surface area contributed by atoms with Gasteiger partial charge in [-0.15, -0.1) is 0 Å². The highest BCUT2D eigenvalue weighted by atomic mass is 35.5. The number of aromatic nitrogens is 1. The van der Waals surface area contributed by atoms with Gasteiger partial charge >= 0.3 is 6.18 Å². The zero-order valence-electron chi connectivity index (χ0n) is 13.7. The summed E-state index contributed by atoms with van der Waals surface area (Å²) in [4.78, 5) is 18.0. The quantitative estimate of drug-likeness (QED) is 0.764. The van der Waals surface area contributed by atoms with E-state index >= 15 is 0 Å². The molecule has 0 aliphatic heterocycles. The van der Waals surface area contributed by atoms with Crippen LogP contribution >= 0.6 is 11.6 Å². The van der Waals surface area contributed by atoms with Crippen LogP contribution < -0.4 is 10.2 Å². The van der Waals surface area contributed by atoms with Gasteiger partial charge in [-0.25, -0.2) is 4.98 Å². The van der Waals surface area contributed by atoms with Crippen molar-refractivity contribution >= 4 is 28.9 Å². The molecule has 2 rings (SSSR count). The van der Waals surface area contributed by atoms with Gasteiger partial charge in [0.1, 0.15) is 5.15 Å². The van der Waals surface area contributed by atoms with Gasteiger partial charge in [0, 0.05) is 19.3 Å². The summed E-state index contributed by atoms with van der Waals surface area (Å²) in [7, 11) is 0. The first-order valence-electron chi connectivity index (χ1n) is 7.65. The van der Waals surface area contributed by atoms with E-state index in [0.29, 0.717) is 18.8 Å². The van der Waals surface area contributed by atoms with Crippen molar-refractivity contribution in [1.29, 1.82) is 0 Å². The fraction of sp³-hybridized carbons (Fsp3) is 0.294. The normalized spacial score (nSPS) is 11.3. The highest BCUT2D eigenvalue weighted by Crippen LogP contribution is 2.35. The van der Waals surface area contributed by atoms with Gasteiger partial charge in [0.25, 0.3) is 5.91 Å². The van der Waals surface area contributed by atoms with E-state index < -0.39 is 17.6 Å². The van der Waals surface area contributed by atoms with Crippen LogP contribution in [0.25, 0.3) is 0 Å². The second kappa shape index (κ2) is 7.74. The lowest BCUT2D eigenvalue weighted by Gasteiger charge is -2.25. The Morgan fingerprint density at radius 3 is 2.40 bits per heavy atom. The molecule has 0 saturated heterocycles. The van der Waals surface area contributed by atoms with E-state index in [1.807, 2.05) is 18.7 Å². The molecule has 1 heterocycles. The SMILES string of the molecule is CCN(CC)c1ccc(C(F)(F)F)cc1NC(=O)c1ccc(Cl)nc1. The Balaban J connectivity index is 2.41. The van der Waals surface area contributed by atoms with Crippen LogP contribution in [0.5, 0.6) is 0 Å². The first kappa shape index (κ1) is 19.1. The maximum atomic E-state index is 13.0. The second-order valence-corrected chi connectivity index (χ2v) is 5.61. The molecule has 0 aliphatic rings. The largest absolute Gasteiger partial charge is 0.416 e. The van der Waals surface area contributed by atoms with E-state index in [-0.39, 0.29) is 16.4 Å². The van der Waals surface area contributed by atoms with E-state index in [1.54, 1.807) is 0 Å². The van der Waals surface area contributed by atoms with Gasteiger partial charge in [-0.3, -0.25) is 4.79 Å². The predicted molar refractivity (Wildman–Crippen MR) is 92.2 cm³/mol. The van der Waals surface area contributed by atoms with Crippen LogP contribution in [0.15, 0.2) is 36.5 Å². The lowest BCUT2D eigenvalue weighted by Crippen LogP contribution is -2.24. The van der Waals surface area contributed by atoms with Gasteiger partial charge in [0.05, 0.1) is 22.5 Å². The highest BCUT2D eigenvalue weighted by Gasteiger charge is 2.31. The fourth-order valence-corrected chi connectivity index (χ4v) is 2.47. The maximum Gasteiger partial charge on any atom is 0.416 e. The zero-order chi connectivity index (χ0) is 18.6. The Bertz CT molecular complexity index is 744. The van der Waals surface area contributed by atoms with Gasteiger partial charge in [-0.1, -0.05) is 11.6 Å². The number of pyridine rings is 1. The molecule has 0 saturated carbocycles. The van der Waals surface area contributed by atoms with Crippen LogP contribution in [0.3, 0.4) is 0 Å². The number of hydrogen-bond donors (Lipinski definition) is 1. The van der Waals surface area contributed by atoms with Gasteiger partial charge in [-0.2, -0.15) is 13.2 Å². The number of rotatable bonds is 5. The minimum absolute atomic E-state index is 0.0958. The van der Waals surface area contributed by atoms with Crippen LogP contribution in [0.2, 0.25) is 5.15 Å². The van der Waals surface area contributed by atoms with Gasteiger partial charge in [0.2, 0.25) is 0 Å². The Labute approximate surface area is 148 Å². The van der Waals surface area contributed by atoms with E-state index in [0.717, 1.165) is 12.1 Å². The number of alkyl halides is 3. The number of carbonyl (C=O) groups excluding carboxylic acids is 1. The van der Waals surface area contributed by atoms with Crippen LogP contribution in [0, 0.1) is 0 Å². The molecule has 1 aromatic heterocycles. The fourth-order valence-electron chi connectivity index (χ4n) is 2.36. The number of benzene rings is 1. The van der Waals surface area contributed by atoms with Crippen molar-refractivity contribution in [2.75, 3.05) is 23.3 Å². The molecule has 8 heteroatoms. The maximum absolute atomic E-state index is 13.0. The van der Waals surface area contributed by atoms with Crippen molar-refractivity contribution in [3.8, 4) is 0 Å². The summed E-state index contributed by atoms with van der Waals surface area (Å²) in [5, 5.41) is 2.77. The molecule has 4 nitrogen and oxygen atoms in total. The minimum atomic E-state index is -4.50. The lowest BCUT2D eigenvalue weighted by atomic mass is 10.1. The Hall–Kier alpha value is -2.28. The Morgan fingerprint density at radius 2 is 1.88 bits per heavy atom. The molecule has 0 bridgehead atoms. The number of amides is 1. The number of carbonyl (C=O) groups is 1. The van der Waals surface area contributed by atoms with Crippen LogP contribution in [-0.4, -0.2) is 24.0 Å². The van der Waals surface area contributed by atoms with E-state index in [9.17, 15) is 18.0 Å². The molecule has 2 aromatic rings. The van der Waals surface area contributed by atoms with Crippen molar-refractivity contribution in [3.63, 3.8) is 0 Å². The average molecular weight is 372 g/mol. The molecule has 1 amide bonds. The number of hydrogen-bond acceptors (Lipinski definition) is 3. The lowest BCUT2D eigenvalue weighted by molar-refractivity contribution is -0.137. The molecule has 0 atom stereocenters. The molecular formula is C17H17ClF3N3O. The number of nitrogens with zero attached hydrogens (tertiary/aromatic N) is 2. The van der Waals surface area contributed by atoms with Crippen LogP contribution in [-0.2, 0) is 6.18 Å². The Morgan fingerprint density at radius 1 is 1.20 bits per heavy atom.